The molecule has 21 heavy (non-hydrogen) atoms. The number of hydrogen-bond donors (Lipinski definition) is 0. The molecule has 0 amide bonds. The van der Waals surface area contributed by atoms with Gasteiger partial charge in [-0.15, -0.1) is 0 Å². The molecule has 0 saturated heterocycles. The Morgan fingerprint density at radius 2 is 1.95 bits per heavy atom. The van der Waals surface area contributed by atoms with E-state index in [1.807, 2.05) is 18.2 Å². The fraction of sp³-hybridized carbons (Fsp3) is 0.214. The normalized spacial score (nSPS) is 11.6. The van der Waals surface area contributed by atoms with Crippen LogP contribution in [0, 0.1) is 0 Å². The number of halogens is 1. The maximum Gasteiger partial charge on any atom is 0.244 e. The van der Waals surface area contributed by atoms with Crippen LogP contribution in [0.3, 0.4) is 0 Å². The Morgan fingerprint density at radius 3 is 2.57 bits per heavy atom. The van der Waals surface area contributed by atoms with Crippen molar-refractivity contribution in [1.29, 1.82) is 0 Å². The molecule has 0 fully saturated rings. The van der Waals surface area contributed by atoms with Crippen molar-refractivity contribution in [1.82, 2.24) is 9.29 Å². The Kier molecular flexibility index (Phi) is 4.82. The molecule has 0 unspecified atom stereocenters. The number of ether oxygens (including phenoxy) is 1. The van der Waals surface area contributed by atoms with Crippen LogP contribution in [0.1, 0.15) is 5.56 Å². The number of para-hydroxylation sites is 1. The van der Waals surface area contributed by atoms with Crippen LogP contribution in [0.25, 0.3) is 0 Å². The van der Waals surface area contributed by atoms with Crippen LogP contribution in [0.5, 0.6) is 5.75 Å². The molecule has 0 aliphatic rings. The van der Waals surface area contributed by atoms with E-state index in [-0.39, 0.29) is 16.6 Å². The first-order chi connectivity index (χ1) is 9.95. The third kappa shape index (κ3) is 3.53. The van der Waals surface area contributed by atoms with E-state index in [1.165, 1.54) is 29.7 Å². The minimum absolute atomic E-state index is 0.101. The van der Waals surface area contributed by atoms with Crippen LogP contribution in [0.15, 0.2) is 47.5 Å². The van der Waals surface area contributed by atoms with Crippen LogP contribution in [-0.2, 0) is 16.6 Å². The molecule has 2 aromatic rings. The molecule has 0 aliphatic carbocycles. The smallest absolute Gasteiger partial charge is 0.244 e. The summed E-state index contributed by atoms with van der Waals surface area (Å²) in [4.78, 5) is 3.90. The second kappa shape index (κ2) is 6.43. The molecule has 2 rings (SSSR count). The van der Waals surface area contributed by atoms with Gasteiger partial charge in [0.15, 0.2) is 0 Å². The summed E-state index contributed by atoms with van der Waals surface area (Å²) in [7, 11) is -0.560. The molecular formula is C14H15ClN2O3S. The van der Waals surface area contributed by atoms with Gasteiger partial charge >= 0.3 is 0 Å². The highest BCUT2D eigenvalue weighted by Crippen LogP contribution is 2.22. The van der Waals surface area contributed by atoms with Gasteiger partial charge in [0, 0.05) is 25.4 Å². The second-order valence-corrected chi connectivity index (χ2v) is 6.82. The van der Waals surface area contributed by atoms with Crippen molar-refractivity contribution in [3.63, 3.8) is 0 Å². The summed E-state index contributed by atoms with van der Waals surface area (Å²) < 4.78 is 31.4. The Balaban J connectivity index is 2.26. The zero-order valence-electron chi connectivity index (χ0n) is 11.7. The van der Waals surface area contributed by atoms with Gasteiger partial charge < -0.3 is 4.74 Å². The molecule has 0 N–H and O–H groups in total. The molecule has 5 nitrogen and oxygen atoms in total. The van der Waals surface area contributed by atoms with Crippen LogP contribution in [0.4, 0.5) is 0 Å². The lowest BCUT2D eigenvalue weighted by molar-refractivity contribution is 0.398. The van der Waals surface area contributed by atoms with Crippen molar-refractivity contribution in [2.24, 2.45) is 0 Å². The van der Waals surface area contributed by atoms with Crippen molar-refractivity contribution in [3.05, 3.63) is 53.3 Å². The van der Waals surface area contributed by atoms with Gasteiger partial charge in [0.2, 0.25) is 10.0 Å². The highest BCUT2D eigenvalue weighted by molar-refractivity contribution is 7.89. The molecule has 0 atom stereocenters. The van der Waals surface area contributed by atoms with Crippen LogP contribution in [0.2, 0.25) is 5.15 Å². The van der Waals surface area contributed by atoms with Crippen molar-refractivity contribution < 1.29 is 13.2 Å². The molecule has 0 aliphatic heterocycles. The maximum absolute atomic E-state index is 12.4. The van der Waals surface area contributed by atoms with Crippen LogP contribution < -0.4 is 4.74 Å². The van der Waals surface area contributed by atoms with Gasteiger partial charge in [-0.1, -0.05) is 29.8 Å². The number of aromatic nitrogens is 1. The first-order valence-corrected chi connectivity index (χ1v) is 7.96. The average Bonchev–Trinajstić information content (AvgIpc) is 2.48. The van der Waals surface area contributed by atoms with Gasteiger partial charge in [-0.2, -0.15) is 4.31 Å². The summed E-state index contributed by atoms with van der Waals surface area (Å²) in [5.41, 5.74) is 0.785. The Labute approximate surface area is 129 Å². The number of sulfonamides is 1. The van der Waals surface area contributed by atoms with E-state index in [0.717, 1.165) is 5.56 Å². The molecular weight excluding hydrogens is 312 g/mol. The van der Waals surface area contributed by atoms with E-state index in [0.29, 0.717) is 5.75 Å². The maximum atomic E-state index is 12.4. The standard InChI is InChI=1S/C14H15ClN2O3S/c1-17(10-11-5-3-4-6-13(11)20-2)21(18,19)12-7-8-14(15)16-9-12/h3-9H,10H2,1-2H3. The number of methoxy groups -OCH3 is 1. The number of pyridine rings is 1. The quantitative estimate of drug-likeness (QED) is 0.792. The first-order valence-electron chi connectivity index (χ1n) is 6.15. The van der Waals surface area contributed by atoms with Gasteiger partial charge in [0.05, 0.1) is 7.11 Å². The van der Waals surface area contributed by atoms with E-state index in [1.54, 1.807) is 13.2 Å². The van der Waals surface area contributed by atoms with Gasteiger partial charge in [0.1, 0.15) is 15.8 Å². The predicted molar refractivity (Wildman–Crippen MR) is 80.9 cm³/mol. The lowest BCUT2D eigenvalue weighted by atomic mass is 10.2. The summed E-state index contributed by atoms with van der Waals surface area (Å²) in [6, 6.07) is 10.2. The van der Waals surface area contributed by atoms with Gasteiger partial charge in [0.25, 0.3) is 0 Å². The van der Waals surface area contributed by atoms with E-state index in [2.05, 4.69) is 4.98 Å². The van der Waals surface area contributed by atoms with E-state index < -0.39 is 10.0 Å². The monoisotopic (exact) mass is 326 g/mol. The lowest BCUT2D eigenvalue weighted by Gasteiger charge is -2.18. The number of rotatable bonds is 5. The fourth-order valence-electron chi connectivity index (χ4n) is 1.85. The molecule has 1 aromatic heterocycles. The van der Waals surface area contributed by atoms with Gasteiger partial charge in [-0.3, -0.25) is 0 Å². The van der Waals surface area contributed by atoms with Gasteiger partial charge in [-0.25, -0.2) is 13.4 Å². The van der Waals surface area contributed by atoms with Crippen LogP contribution >= 0.6 is 11.6 Å². The summed E-state index contributed by atoms with van der Waals surface area (Å²) in [5, 5.41) is 0.251. The summed E-state index contributed by atoms with van der Waals surface area (Å²) in [6.07, 6.45) is 1.25. The molecule has 1 aromatic carbocycles. The molecule has 1 heterocycles. The number of hydrogen-bond acceptors (Lipinski definition) is 4. The first kappa shape index (κ1) is 15.8. The molecule has 0 saturated carbocycles. The summed E-state index contributed by atoms with van der Waals surface area (Å²) >= 11 is 5.67. The second-order valence-electron chi connectivity index (χ2n) is 4.39. The fourth-order valence-corrected chi connectivity index (χ4v) is 3.06. The molecule has 0 spiro atoms. The molecule has 7 heteroatoms. The van der Waals surface area contributed by atoms with Gasteiger partial charge in [-0.05, 0) is 18.2 Å². The van der Waals surface area contributed by atoms with E-state index in [9.17, 15) is 8.42 Å². The Hall–Kier alpha value is -1.63. The zero-order chi connectivity index (χ0) is 15.5. The zero-order valence-corrected chi connectivity index (χ0v) is 13.2. The van der Waals surface area contributed by atoms with E-state index in [4.69, 9.17) is 16.3 Å². The molecule has 112 valence electrons. The summed E-state index contributed by atoms with van der Waals surface area (Å²) in [5.74, 6) is 0.647. The van der Waals surface area contributed by atoms with Crippen molar-refractivity contribution >= 4 is 21.6 Å². The number of benzene rings is 1. The largest absolute Gasteiger partial charge is 0.496 e. The number of nitrogens with zero attached hydrogens (tertiary/aromatic N) is 2. The predicted octanol–water partition coefficient (Wildman–Crippen LogP) is 2.56. The Bertz CT molecular complexity index is 717. The van der Waals surface area contributed by atoms with Crippen molar-refractivity contribution in [2.75, 3.05) is 14.2 Å². The SMILES string of the molecule is COc1ccccc1CN(C)S(=O)(=O)c1ccc(Cl)nc1. The van der Waals surface area contributed by atoms with Crippen molar-refractivity contribution in [3.8, 4) is 5.75 Å². The third-order valence-corrected chi connectivity index (χ3v) is 5.00. The topological polar surface area (TPSA) is 59.5 Å². The van der Waals surface area contributed by atoms with E-state index >= 15 is 0 Å². The lowest BCUT2D eigenvalue weighted by Crippen LogP contribution is -2.26. The highest BCUT2D eigenvalue weighted by atomic mass is 35.5. The Morgan fingerprint density at radius 1 is 1.24 bits per heavy atom. The van der Waals surface area contributed by atoms with Crippen molar-refractivity contribution in [2.45, 2.75) is 11.4 Å². The highest BCUT2D eigenvalue weighted by Gasteiger charge is 2.22. The molecule has 0 bridgehead atoms. The third-order valence-electron chi connectivity index (χ3n) is 2.99. The van der Waals surface area contributed by atoms with Crippen LogP contribution in [-0.4, -0.2) is 31.9 Å². The minimum Gasteiger partial charge on any atom is -0.496 e. The molecule has 0 radical (unpaired) electrons. The minimum atomic E-state index is -3.62. The summed E-state index contributed by atoms with van der Waals surface area (Å²) in [6.45, 7) is 0.203. The average molecular weight is 327 g/mol.